The molecule has 0 bridgehead atoms. The fourth-order valence-electron chi connectivity index (χ4n) is 1.90. The third-order valence-corrected chi connectivity index (χ3v) is 3.63. The van der Waals surface area contributed by atoms with Crippen molar-refractivity contribution in [3.05, 3.63) is 39.9 Å². The van der Waals surface area contributed by atoms with Gasteiger partial charge in [0.05, 0.1) is 12.2 Å². The van der Waals surface area contributed by atoms with E-state index in [1.165, 1.54) is 4.88 Å². The van der Waals surface area contributed by atoms with Crippen molar-refractivity contribution in [3.8, 4) is 0 Å². The van der Waals surface area contributed by atoms with Gasteiger partial charge < -0.3 is 9.84 Å². The lowest BCUT2D eigenvalue weighted by molar-refractivity contribution is 0.267. The molecule has 0 aromatic carbocycles. The van der Waals surface area contributed by atoms with Crippen LogP contribution in [-0.2, 0) is 19.6 Å². The first-order valence-electron chi connectivity index (χ1n) is 6.64. The van der Waals surface area contributed by atoms with E-state index in [1.807, 2.05) is 6.07 Å². The number of nitrogens with one attached hydrogen (secondary N) is 1. The van der Waals surface area contributed by atoms with Crippen LogP contribution in [0.3, 0.4) is 0 Å². The number of aromatic nitrogens is 1. The van der Waals surface area contributed by atoms with Crippen molar-refractivity contribution >= 4 is 11.3 Å². The Bertz CT molecular complexity index is 467. The van der Waals surface area contributed by atoms with Gasteiger partial charge in [0, 0.05) is 24.0 Å². The number of hydrogen-bond acceptors (Lipinski definition) is 5. The Morgan fingerprint density at radius 2 is 2.32 bits per heavy atom. The molecule has 0 aliphatic rings. The lowest BCUT2D eigenvalue weighted by atomic mass is 10.3. The third-order valence-electron chi connectivity index (χ3n) is 2.77. The van der Waals surface area contributed by atoms with Crippen LogP contribution in [0.5, 0.6) is 0 Å². The van der Waals surface area contributed by atoms with Gasteiger partial charge in [-0.05, 0) is 31.5 Å². The van der Waals surface area contributed by atoms with Crippen molar-refractivity contribution in [3.63, 3.8) is 0 Å². The van der Waals surface area contributed by atoms with E-state index in [2.05, 4.69) is 46.9 Å². The average molecular weight is 279 g/mol. The molecule has 0 fully saturated rings. The van der Waals surface area contributed by atoms with E-state index >= 15 is 0 Å². The highest BCUT2D eigenvalue weighted by atomic mass is 32.1. The van der Waals surface area contributed by atoms with Gasteiger partial charge in [0.15, 0.2) is 5.76 Å². The highest BCUT2D eigenvalue weighted by Crippen LogP contribution is 2.13. The second-order valence-corrected chi connectivity index (χ2v) is 5.75. The maximum Gasteiger partial charge on any atom is 0.151 e. The van der Waals surface area contributed by atoms with Gasteiger partial charge >= 0.3 is 0 Å². The molecule has 0 saturated carbocycles. The Hall–Kier alpha value is -1.17. The van der Waals surface area contributed by atoms with Gasteiger partial charge in [-0.1, -0.05) is 18.1 Å². The molecule has 104 valence electrons. The summed E-state index contributed by atoms with van der Waals surface area (Å²) >= 11 is 1.78. The monoisotopic (exact) mass is 279 g/mol. The second kappa shape index (κ2) is 7.43. The Kier molecular flexibility index (Phi) is 5.57. The molecule has 0 aliphatic carbocycles. The number of thiophene rings is 1. The van der Waals surface area contributed by atoms with Gasteiger partial charge in [0.25, 0.3) is 0 Å². The van der Waals surface area contributed by atoms with Crippen LogP contribution in [0.25, 0.3) is 0 Å². The van der Waals surface area contributed by atoms with Gasteiger partial charge in [0.1, 0.15) is 0 Å². The minimum atomic E-state index is 0.784. The molecule has 2 aromatic heterocycles. The fourth-order valence-corrected chi connectivity index (χ4v) is 2.68. The molecule has 0 spiro atoms. The summed E-state index contributed by atoms with van der Waals surface area (Å²) < 4.78 is 5.36. The number of rotatable bonds is 8. The first-order chi connectivity index (χ1) is 9.28. The minimum absolute atomic E-state index is 0.784. The van der Waals surface area contributed by atoms with E-state index in [1.54, 1.807) is 11.3 Å². The van der Waals surface area contributed by atoms with Crippen molar-refractivity contribution in [1.82, 2.24) is 15.4 Å². The molecule has 0 saturated heterocycles. The van der Waals surface area contributed by atoms with E-state index in [9.17, 15) is 0 Å². The summed E-state index contributed by atoms with van der Waals surface area (Å²) in [6, 6.07) is 6.27. The highest BCUT2D eigenvalue weighted by molar-refractivity contribution is 7.09. The Labute approximate surface area is 118 Å². The van der Waals surface area contributed by atoms with Gasteiger partial charge in [-0.25, -0.2) is 0 Å². The Balaban J connectivity index is 1.78. The summed E-state index contributed by atoms with van der Waals surface area (Å²) in [5.74, 6) is 0.923. The lowest BCUT2D eigenvalue weighted by Gasteiger charge is -2.12. The van der Waals surface area contributed by atoms with Crippen LogP contribution >= 0.6 is 11.3 Å². The molecule has 0 radical (unpaired) electrons. The van der Waals surface area contributed by atoms with E-state index in [-0.39, 0.29) is 0 Å². The Morgan fingerprint density at radius 1 is 1.42 bits per heavy atom. The maximum atomic E-state index is 5.36. The van der Waals surface area contributed by atoms with Crippen molar-refractivity contribution < 1.29 is 4.52 Å². The smallest absolute Gasteiger partial charge is 0.151 e. The standard InChI is InChI=1S/C14H21N3OS/c1-3-6-15-9-12-8-13(18-16-12)10-17(2)11-14-5-4-7-19-14/h4-5,7-8,15H,3,6,9-11H2,1-2H3. The molecule has 2 rings (SSSR count). The van der Waals surface area contributed by atoms with E-state index in [4.69, 9.17) is 4.52 Å². The van der Waals surface area contributed by atoms with Crippen LogP contribution in [0.4, 0.5) is 0 Å². The molecular formula is C14H21N3OS. The minimum Gasteiger partial charge on any atom is -0.360 e. The number of nitrogens with zero attached hydrogens (tertiary/aromatic N) is 2. The van der Waals surface area contributed by atoms with Gasteiger partial charge in [0.2, 0.25) is 0 Å². The van der Waals surface area contributed by atoms with Gasteiger partial charge in [-0.3, -0.25) is 4.90 Å². The normalized spacial score (nSPS) is 11.3. The summed E-state index contributed by atoms with van der Waals surface area (Å²) in [4.78, 5) is 3.60. The molecule has 2 heterocycles. The largest absolute Gasteiger partial charge is 0.360 e. The van der Waals surface area contributed by atoms with Crippen molar-refractivity contribution in [2.75, 3.05) is 13.6 Å². The topological polar surface area (TPSA) is 41.3 Å². The van der Waals surface area contributed by atoms with Gasteiger partial charge in [-0.2, -0.15) is 0 Å². The van der Waals surface area contributed by atoms with Crippen LogP contribution < -0.4 is 5.32 Å². The summed E-state index contributed by atoms with van der Waals surface area (Å²) in [6.07, 6.45) is 1.13. The van der Waals surface area contributed by atoms with Crippen LogP contribution in [0, 0.1) is 0 Å². The summed E-state index contributed by atoms with van der Waals surface area (Å²) in [6.45, 7) is 5.69. The summed E-state index contributed by atoms with van der Waals surface area (Å²) in [5.41, 5.74) is 0.980. The summed E-state index contributed by atoms with van der Waals surface area (Å²) in [5, 5.41) is 9.50. The zero-order valence-electron chi connectivity index (χ0n) is 11.6. The number of hydrogen-bond donors (Lipinski definition) is 1. The van der Waals surface area contributed by atoms with E-state index < -0.39 is 0 Å². The molecule has 1 N–H and O–H groups in total. The van der Waals surface area contributed by atoms with E-state index in [0.29, 0.717) is 0 Å². The fraction of sp³-hybridized carbons (Fsp3) is 0.500. The SMILES string of the molecule is CCCNCc1cc(CN(C)Cc2cccs2)on1. The molecule has 0 atom stereocenters. The van der Waals surface area contributed by atoms with Crippen molar-refractivity contribution in [1.29, 1.82) is 0 Å². The van der Waals surface area contributed by atoms with Crippen LogP contribution in [0.1, 0.15) is 29.7 Å². The zero-order valence-corrected chi connectivity index (χ0v) is 12.4. The Morgan fingerprint density at radius 3 is 3.05 bits per heavy atom. The molecule has 2 aromatic rings. The molecular weight excluding hydrogens is 258 g/mol. The maximum absolute atomic E-state index is 5.36. The molecule has 4 nitrogen and oxygen atoms in total. The zero-order chi connectivity index (χ0) is 13.5. The highest BCUT2D eigenvalue weighted by Gasteiger charge is 2.08. The predicted molar refractivity (Wildman–Crippen MR) is 78.0 cm³/mol. The molecule has 5 heteroatoms. The van der Waals surface area contributed by atoms with Crippen LogP contribution in [0.15, 0.2) is 28.1 Å². The summed E-state index contributed by atoms with van der Waals surface area (Å²) in [7, 11) is 2.09. The van der Waals surface area contributed by atoms with E-state index in [0.717, 1.165) is 44.1 Å². The molecule has 0 unspecified atom stereocenters. The molecule has 0 aliphatic heterocycles. The van der Waals surface area contributed by atoms with Crippen molar-refractivity contribution in [2.45, 2.75) is 33.0 Å². The quantitative estimate of drug-likeness (QED) is 0.754. The third kappa shape index (κ3) is 4.78. The predicted octanol–water partition coefficient (Wildman–Crippen LogP) is 2.87. The first-order valence-corrected chi connectivity index (χ1v) is 7.52. The lowest BCUT2D eigenvalue weighted by Crippen LogP contribution is -2.16. The average Bonchev–Trinajstić information content (AvgIpc) is 3.02. The first kappa shape index (κ1) is 14.2. The van der Waals surface area contributed by atoms with Crippen LogP contribution in [0.2, 0.25) is 0 Å². The second-order valence-electron chi connectivity index (χ2n) is 4.71. The van der Waals surface area contributed by atoms with Crippen LogP contribution in [-0.4, -0.2) is 23.6 Å². The molecule has 19 heavy (non-hydrogen) atoms. The molecule has 0 amide bonds. The van der Waals surface area contributed by atoms with Gasteiger partial charge in [-0.15, -0.1) is 11.3 Å². The van der Waals surface area contributed by atoms with Crippen molar-refractivity contribution in [2.24, 2.45) is 0 Å².